The third-order valence-corrected chi connectivity index (χ3v) is 4.49. The second kappa shape index (κ2) is 8.22. The Morgan fingerprint density at radius 1 is 1.16 bits per heavy atom. The van der Waals surface area contributed by atoms with Crippen molar-refractivity contribution in [3.63, 3.8) is 0 Å². The van der Waals surface area contributed by atoms with Crippen molar-refractivity contribution in [2.75, 3.05) is 47.9 Å². The van der Waals surface area contributed by atoms with E-state index in [0.29, 0.717) is 6.04 Å². The largest absolute Gasteiger partial charge is 0.490 e. The van der Waals surface area contributed by atoms with Crippen LogP contribution in [0, 0.1) is 0 Å². The van der Waals surface area contributed by atoms with E-state index in [9.17, 15) is 18.0 Å². The van der Waals surface area contributed by atoms with Gasteiger partial charge >= 0.3 is 18.2 Å². The first kappa shape index (κ1) is 21.5. The minimum Gasteiger partial charge on any atom is -0.475 e. The Kier molecular flexibility index (Phi) is 7.07. The van der Waals surface area contributed by atoms with Crippen LogP contribution in [0.25, 0.3) is 0 Å². The first-order valence-corrected chi connectivity index (χ1v) is 7.95. The van der Waals surface area contributed by atoms with Gasteiger partial charge in [-0.3, -0.25) is 0 Å². The zero-order chi connectivity index (χ0) is 19.4. The van der Waals surface area contributed by atoms with E-state index < -0.39 is 12.1 Å². The van der Waals surface area contributed by atoms with Gasteiger partial charge in [-0.2, -0.15) is 13.2 Å². The molecule has 0 radical (unpaired) electrons. The highest BCUT2D eigenvalue weighted by atomic mass is 19.4. The van der Waals surface area contributed by atoms with Gasteiger partial charge in [-0.1, -0.05) is 0 Å². The third-order valence-electron chi connectivity index (χ3n) is 4.49. The van der Waals surface area contributed by atoms with Gasteiger partial charge in [0.2, 0.25) is 0 Å². The number of carbonyl (C=O) groups excluding carboxylic acids is 1. The summed E-state index contributed by atoms with van der Waals surface area (Å²) in [5.74, 6) is -2.76. The summed E-state index contributed by atoms with van der Waals surface area (Å²) in [6, 6.07) is 0.646. The lowest BCUT2D eigenvalue weighted by Gasteiger charge is -2.39. The average Bonchev–Trinajstić information content (AvgIpc) is 2.91. The standard InChI is InChI=1S/C13H25N3O2.C2HF3O2/c1-14(2)11-9-13(18-10-11)5-7-16(8-6-13)12(17)15(3)4;3-2(4,5)1(6)7/h11H,5-10H2,1-4H3;(H,6,7). The van der Waals surface area contributed by atoms with E-state index in [1.54, 1.807) is 19.0 Å². The van der Waals surface area contributed by atoms with Crippen LogP contribution in [0.1, 0.15) is 19.3 Å². The average molecular weight is 369 g/mol. The summed E-state index contributed by atoms with van der Waals surface area (Å²) in [5, 5.41) is 7.12. The maximum Gasteiger partial charge on any atom is 0.490 e. The number of urea groups is 1. The smallest absolute Gasteiger partial charge is 0.475 e. The van der Waals surface area contributed by atoms with Crippen molar-refractivity contribution < 1.29 is 32.6 Å². The van der Waals surface area contributed by atoms with Crippen molar-refractivity contribution in [3.8, 4) is 0 Å². The molecule has 0 aromatic rings. The molecule has 7 nitrogen and oxygen atoms in total. The van der Waals surface area contributed by atoms with Gasteiger partial charge in [-0.05, 0) is 33.4 Å². The van der Waals surface area contributed by atoms with Gasteiger partial charge in [-0.15, -0.1) is 0 Å². The molecule has 146 valence electrons. The van der Waals surface area contributed by atoms with Crippen molar-refractivity contribution in [1.82, 2.24) is 14.7 Å². The first-order chi connectivity index (χ1) is 11.4. The number of amides is 2. The number of hydrogen-bond donors (Lipinski definition) is 1. The molecule has 0 aromatic carbocycles. The molecular formula is C15H26F3N3O4. The number of likely N-dealkylation sites (N-methyl/N-ethyl adjacent to an activating group) is 1. The van der Waals surface area contributed by atoms with E-state index in [4.69, 9.17) is 14.6 Å². The maximum atomic E-state index is 11.9. The lowest BCUT2D eigenvalue weighted by Crippen LogP contribution is -2.49. The fraction of sp³-hybridized carbons (Fsp3) is 0.867. The van der Waals surface area contributed by atoms with Crippen molar-refractivity contribution in [2.24, 2.45) is 0 Å². The van der Waals surface area contributed by atoms with Gasteiger partial charge < -0.3 is 24.5 Å². The normalized spacial score (nSPS) is 22.6. The van der Waals surface area contributed by atoms with Crippen molar-refractivity contribution in [3.05, 3.63) is 0 Å². The van der Waals surface area contributed by atoms with Crippen LogP contribution in [0.3, 0.4) is 0 Å². The highest BCUT2D eigenvalue weighted by Crippen LogP contribution is 2.37. The van der Waals surface area contributed by atoms with Crippen molar-refractivity contribution >= 4 is 12.0 Å². The molecule has 2 saturated heterocycles. The van der Waals surface area contributed by atoms with Crippen LogP contribution >= 0.6 is 0 Å². The lowest BCUT2D eigenvalue weighted by atomic mass is 9.87. The molecule has 0 aromatic heterocycles. The molecule has 2 aliphatic heterocycles. The van der Waals surface area contributed by atoms with E-state index in [1.807, 2.05) is 4.90 Å². The number of carboxylic acid groups (broad SMARTS) is 1. The summed E-state index contributed by atoms with van der Waals surface area (Å²) in [6.45, 7) is 2.46. The number of ether oxygens (including phenoxy) is 1. The molecule has 2 rings (SSSR count). The number of carbonyl (C=O) groups is 2. The Bertz CT molecular complexity index is 475. The number of carboxylic acids is 1. The third kappa shape index (κ3) is 6.03. The van der Waals surface area contributed by atoms with Crippen LogP contribution in [0.15, 0.2) is 0 Å². The van der Waals surface area contributed by atoms with E-state index in [1.165, 1.54) is 0 Å². The highest BCUT2D eigenvalue weighted by molar-refractivity contribution is 5.74. The van der Waals surface area contributed by atoms with Crippen molar-refractivity contribution in [1.29, 1.82) is 0 Å². The molecule has 1 atom stereocenters. The number of rotatable bonds is 1. The van der Waals surface area contributed by atoms with Gasteiger partial charge in [0.15, 0.2) is 0 Å². The summed E-state index contributed by atoms with van der Waals surface area (Å²) >= 11 is 0. The Morgan fingerprint density at radius 3 is 1.96 bits per heavy atom. The Morgan fingerprint density at radius 2 is 1.64 bits per heavy atom. The lowest BCUT2D eigenvalue weighted by molar-refractivity contribution is -0.192. The topological polar surface area (TPSA) is 73.3 Å². The summed E-state index contributed by atoms with van der Waals surface area (Å²) in [4.78, 5) is 26.6. The van der Waals surface area contributed by atoms with Crippen LogP contribution in [-0.4, -0.2) is 97.5 Å². The van der Waals surface area contributed by atoms with Gasteiger partial charge in [0.05, 0.1) is 12.2 Å². The molecule has 1 unspecified atom stereocenters. The first-order valence-electron chi connectivity index (χ1n) is 7.95. The summed E-state index contributed by atoms with van der Waals surface area (Å²) in [7, 11) is 7.83. The molecule has 2 amide bonds. The minimum absolute atomic E-state index is 0.0258. The quantitative estimate of drug-likeness (QED) is 0.758. The number of halogens is 3. The number of nitrogens with zero attached hydrogens (tertiary/aromatic N) is 3. The molecule has 1 N–H and O–H groups in total. The van der Waals surface area contributed by atoms with E-state index >= 15 is 0 Å². The minimum atomic E-state index is -5.08. The predicted octanol–water partition coefficient (Wildman–Crippen LogP) is 1.49. The van der Waals surface area contributed by atoms with Gasteiger partial charge in [0.1, 0.15) is 0 Å². The molecular weight excluding hydrogens is 343 g/mol. The highest BCUT2D eigenvalue weighted by Gasteiger charge is 2.44. The van der Waals surface area contributed by atoms with Gasteiger partial charge in [0.25, 0.3) is 0 Å². The molecule has 2 fully saturated rings. The number of hydrogen-bond acceptors (Lipinski definition) is 4. The molecule has 2 aliphatic rings. The van der Waals surface area contributed by atoms with E-state index in [-0.39, 0.29) is 11.6 Å². The van der Waals surface area contributed by atoms with Crippen LogP contribution in [0.2, 0.25) is 0 Å². The molecule has 0 bridgehead atoms. The second-order valence-electron chi connectivity index (χ2n) is 6.78. The maximum absolute atomic E-state index is 11.9. The van der Waals surface area contributed by atoms with Crippen LogP contribution in [-0.2, 0) is 9.53 Å². The fourth-order valence-corrected chi connectivity index (χ4v) is 2.89. The zero-order valence-electron chi connectivity index (χ0n) is 15.0. The molecule has 10 heteroatoms. The molecule has 1 spiro atoms. The summed E-state index contributed by atoms with van der Waals surface area (Å²) in [5.41, 5.74) is 0.0258. The summed E-state index contributed by atoms with van der Waals surface area (Å²) < 4.78 is 37.8. The van der Waals surface area contributed by atoms with Crippen LogP contribution in [0.4, 0.5) is 18.0 Å². The number of likely N-dealkylation sites (tertiary alicyclic amines) is 1. The molecule has 2 heterocycles. The van der Waals surface area contributed by atoms with E-state index in [2.05, 4.69) is 19.0 Å². The van der Waals surface area contributed by atoms with E-state index in [0.717, 1.165) is 39.0 Å². The SMILES string of the molecule is CN(C)C(=O)N1CCC2(CC1)CC(N(C)C)CO2.O=C(O)C(F)(F)F. The van der Waals surface area contributed by atoms with Gasteiger partial charge in [0, 0.05) is 33.2 Å². The van der Waals surface area contributed by atoms with Crippen LogP contribution in [0.5, 0.6) is 0 Å². The second-order valence-corrected chi connectivity index (χ2v) is 6.78. The fourth-order valence-electron chi connectivity index (χ4n) is 2.89. The van der Waals surface area contributed by atoms with Gasteiger partial charge in [-0.25, -0.2) is 9.59 Å². The Hall–Kier alpha value is -1.55. The predicted molar refractivity (Wildman–Crippen MR) is 84.4 cm³/mol. The molecule has 0 aliphatic carbocycles. The number of piperidine rings is 1. The van der Waals surface area contributed by atoms with Crippen LogP contribution < -0.4 is 0 Å². The monoisotopic (exact) mass is 369 g/mol. The number of aliphatic carboxylic acids is 1. The number of alkyl halides is 3. The van der Waals surface area contributed by atoms with Crippen molar-refractivity contribution in [2.45, 2.75) is 37.1 Å². The Labute approximate surface area is 145 Å². The zero-order valence-corrected chi connectivity index (χ0v) is 15.0. The summed E-state index contributed by atoms with van der Waals surface area (Å²) in [6.07, 6.45) is -2.04. The Balaban J connectivity index is 0.000000381. The molecule has 25 heavy (non-hydrogen) atoms. The molecule has 0 saturated carbocycles.